The van der Waals surface area contributed by atoms with Crippen molar-refractivity contribution in [3.05, 3.63) is 127 Å². The van der Waals surface area contributed by atoms with E-state index in [9.17, 15) is 0 Å². The Bertz CT molecular complexity index is 2300. The molecule has 0 unspecified atom stereocenters. The lowest BCUT2D eigenvalue weighted by Crippen LogP contribution is -2.02. The van der Waals surface area contributed by atoms with Gasteiger partial charge in [0.25, 0.3) is 0 Å². The minimum absolute atomic E-state index is 0.705. The molecule has 4 heteroatoms. The van der Waals surface area contributed by atoms with Crippen LogP contribution in [0.15, 0.2) is 127 Å². The van der Waals surface area contributed by atoms with E-state index in [1.807, 2.05) is 36.4 Å². The van der Waals surface area contributed by atoms with Crippen LogP contribution in [-0.2, 0) is 0 Å². The maximum atomic E-state index is 6.17. The van der Waals surface area contributed by atoms with Crippen LogP contribution in [0.1, 0.15) is 0 Å². The predicted octanol–water partition coefficient (Wildman–Crippen LogP) is 9.32. The lowest BCUT2D eigenvalue weighted by molar-refractivity contribution is 0.486. The number of rotatable bonds is 2. The van der Waals surface area contributed by atoms with Crippen LogP contribution >= 0.6 is 0 Å². The lowest BCUT2D eigenvalue weighted by Gasteiger charge is -2.20. The van der Waals surface area contributed by atoms with E-state index in [-0.39, 0.29) is 0 Å². The summed E-state index contributed by atoms with van der Waals surface area (Å²) in [6, 6.07) is 44.4. The average molecular weight is 512 g/mol. The van der Waals surface area contributed by atoms with Crippen LogP contribution in [0.4, 0.5) is 0 Å². The number of hydrogen-bond acceptors (Lipinski definition) is 3. The third kappa shape index (κ3) is 2.96. The van der Waals surface area contributed by atoms with E-state index in [0.29, 0.717) is 5.82 Å². The van der Waals surface area contributed by atoms with Crippen LogP contribution in [0.5, 0.6) is 11.5 Å². The number of fused-ring (bicyclic) bond motifs is 7. The fourth-order valence-corrected chi connectivity index (χ4v) is 6.21. The van der Waals surface area contributed by atoms with Gasteiger partial charge in [-0.15, -0.1) is 0 Å². The maximum Gasteiger partial charge on any atom is 0.160 e. The van der Waals surface area contributed by atoms with E-state index in [1.165, 1.54) is 32.6 Å². The van der Waals surface area contributed by atoms with E-state index in [4.69, 9.17) is 14.7 Å². The maximum absolute atomic E-state index is 6.17. The highest BCUT2D eigenvalue weighted by atomic mass is 16.5. The molecule has 6 aromatic carbocycles. The Morgan fingerprint density at radius 3 is 2.23 bits per heavy atom. The summed E-state index contributed by atoms with van der Waals surface area (Å²) in [5, 5.41) is 6.02. The summed E-state index contributed by atoms with van der Waals surface area (Å²) in [5.74, 6) is 2.32. The molecule has 1 aliphatic heterocycles. The Kier molecular flexibility index (Phi) is 4.30. The normalized spacial score (nSPS) is 12.2. The van der Waals surface area contributed by atoms with Crippen molar-refractivity contribution in [2.45, 2.75) is 0 Å². The number of benzene rings is 6. The molecule has 0 amide bonds. The first-order valence-corrected chi connectivity index (χ1v) is 13.4. The van der Waals surface area contributed by atoms with Crippen molar-refractivity contribution in [1.29, 1.82) is 0 Å². The molecule has 0 saturated carbocycles. The second-order valence-electron chi connectivity index (χ2n) is 10.2. The van der Waals surface area contributed by atoms with Crippen LogP contribution in [0.2, 0.25) is 0 Å². The second-order valence-corrected chi connectivity index (χ2v) is 10.2. The first-order chi connectivity index (χ1) is 19.8. The number of aromatic nitrogens is 3. The molecule has 0 bridgehead atoms. The van der Waals surface area contributed by atoms with Gasteiger partial charge >= 0.3 is 0 Å². The van der Waals surface area contributed by atoms with Crippen molar-refractivity contribution in [2.75, 3.05) is 0 Å². The summed E-state index contributed by atoms with van der Waals surface area (Å²) in [7, 11) is 0. The van der Waals surface area contributed by atoms with Gasteiger partial charge in [-0.1, -0.05) is 66.7 Å². The van der Waals surface area contributed by atoms with Crippen LogP contribution in [0.3, 0.4) is 0 Å². The molecule has 0 spiro atoms. The highest BCUT2D eigenvalue weighted by Gasteiger charge is 2.23. The lowest BCUT2D eigenvalue weighted by atomic mass is 10.0. The zero-order chi connectivity index (χ0) is 26.2. The van der Waals surface area contributed by atoms with Gasteiger partial charge in [-0.25, -0.2) is 9.97 Å². The molecule has 2 aromatic heterocycles. The Labute approximate surface area is 229 Å². The van der Waals surface area contributed by atoms with Gasteiger partial charge in [-0.05, 0) is 71.4 Å². The molecular formula is C36H21N3O. The van der Waals surface area contributed by atoms with Gasteiger partial charge in [0.05, 0.1) is 27.6 Å². The van der Waals surface area contributed by atoms with E-state index in [1.54, 1.807) is 0 Å². The fourth-order valence-electron chi connectivity index (χ4n) is 6.21. The summed E-state index contributed by atoms with van der Waals surface area (Å²) in [6.45, 7) is 0. The topological polar surface area (TPSA) is 39.9 Å². The van der Waals surface area contributed by atoms with Crippen LogP contribution < -0.4 is 4.74 Å². The Morgan fingerprint density at radius 1 is 0.525 bits per heavy atom. The van der Waals surface area contributed by atoms with Gasteiger partial charge in [-0.2, -0.15) is 0 Å². The molecule has 4 nitrogen and oxygen atoms in total. The third-order valence-electron chi connectivity index (χ3n) is 7.99. The number of hydrogen-bond donors (Lipinski definition) is 0. The summed E-state index contributed by atoms with van der Waals surface area (Å²) < 4.78 is 8.52. The van der Waals surface area contributed by atoms with Crippen molar-refractivity contribution in [3.63, 3.8) is 0 Å². The predicted molar refractivity (Wildman–Crippen MR) is 162 cm³/mol. The van der Waals surface area contributed by atoms with Crippen molar-refractivity contribution < 1.29 is 4.74 Å². The molecule has 0 radical (unpaired) electrons. The average Bonchev–Trinajstić information content (AvgIpc) is 3.36. The fraction of sp³-hybridized carbons (Fsp3) is 0. The molecule has 0 atom stereocenters. The SMILES string of the molecule is c1ccc2c(c1)Oc1cccc3nc(-c4ccc(-n5c6ccccc6c6c7ccccc7ccc65)cc4)nc-2c13. The Hall–Kier alpha value is -5.48. The van der Waals surface area contributed by atoms with Gasteiger partial charge in [0.15, 0.2) is 5.82 Å². The van der Waals surface area contributed by atoms with Gasteiger partial charge < -0.3 is 9.30 Å². The molecule has 186 valence electrons. The summed E-state index contributed by atoms with van der Waals surface area (Å²) in [6.07, 6.45) is 0. The zero-order valence-electron chi connectivity index (χ0n) is 21.4. The smallest absolute Gasteiger partial charge is 0.160 e. The van der Waals surface area contributed by atoms with Gasteiger partial charge in [-0.3, -0.25) is 0 Å². The largest absolute Gasteiger partial charge is 0.456 e. The minimum Gasteiger partial charge on any atom is -0.456 e. The van der Waals surface area contributed by atoms with E-state index in [2.05, 4.69) is 95.6 Å². The van der Waals surface area contributed by atoms with Crippen molar-refractivity contribution >= 4 is 43.5 Å². The minimum atomic E-state index is 0.705. The van der Waals surface area contributed by atoms with Crippen LogP contribution in [0, 0.1) is 0 Å². The van der Waals surface area contributed by atoms with Crippen molar-refractivity contribution in [3.8, 4) is 39.8 Å². The van der Waals surface area contributed by atoms with Crippen molar-refractivity contribution in [1.82, 2.24) is 14.5 Å². The molecule has 0 aliphatic carbocycles. The van der Waals surface area contributed by atoms with E-state index >= 15 is 0 Å². The number of ether oxygens (including phenoxy) is 1. The van der Waals surface area contributed by atoms with Crippen molar-refractivity contribution in [2.24, 2.45) is 0 Å². The monoisotopic (exact) mass is 511 g/mol. The van der Waals surface area contributed by atoms with E-state index < -0.39 is 0 Å². The van der Waals surface area contributed by atoms with Crippen LogP contribution in [0.25, 0.3) is 71.8 Å². The quantitative estimate of drug-likeness (QED) is 0.232. The third-order valence-corrected chi connectivity index (χ3v) is 7.99. The molecule has 3 heterocycles. The summed E-state index contributed by atoms with van der Waals surface area (Å²) >= 11 is 0. The molecule has 40 heavy (non-hydrogen) atoms. The first kappa shape index (κ1) is 21.5. The molecule has 0 saturated heterocycles. The molecule has 1 aliphatic rings. The standard InChI is InChI=1S/C36H21N3O/c1-2-9-25-22(8-1)18-21-30-33(25)26-10-3-5-13-29(26)39(30)24-19-16-23(17-20-24)36-37-28-12-7-15-32-34(28)35(38-36)27-11-4-6-14-31(27)40-32/h1-21H. The van der Waals surface area contributed by atoms with Gasteiger partial charge in [0, 0.05) is 27.6 Å². The Morgan fingerprint density at radius 2 is 1.30 bits per heavy atom. The number of nitrogens with zero attached hydrogens (tertiary/aromatic N) is 3. The highest BCUT2D eigenvalue weighted by molar-refractivity contribution is 6.21. The molecule has 0 N–H and O–H groups in total. The summed E-state index contributed by atoms with van der Waals surface area (Å²) in [5.41, 5.74) is 7.25. The summed E-state index contributed by atoms with van der Waals surface area (Å²) in [4.78, 5) is 10.0. The number of para-hydroxylation sites is 2. The van der Waals surface area contributed by atoms with Crippen LogP contribution in [-0.4, -0.2) is 14.5 Å². The molecule has 9 rings (SSSR count). The highest BCUT2D eigenvalue weighted by Crippen LogP contribution is 2.45. The molecular weight excluding hydrogens is 490 g/mol. The zero-order valence-corrected chi connectivity index (χ0v) is 21.4. The van der Waals surface area contributed by atoms with Gasteiger partial charge in [0.1, 0.15) is 11.5 Å². The Balaban J connectivity index is 1.23. The molecule has 0 fully saturated rings. The second kappa shape index (κ2) is 8.01. The molecule has 8 aromatic rings. The van der Waals surface area contributed by atoms with Gasteiger partial charge in [0.2, 0.25) is 0 Å². The van der Waals surface area contributed by atoms with E-state index in [0.717, 1.165) is 44.9 Å². The first-order valence-electron chi connectivity index (χ1n) is 13.4.